The number of para-hydroxylation sites is 1. The molecule has 4 N–H and O–H groups in total. The van der Waals surface area contributed by atoms with Gasteiger partial charge in [0.2, 0.25) is 5.88 Å². The van der Waals surface area contributed by atoms with Crippen molar-refractivity contribution in [2.24, 2.45) is 0 Å². The fraction of sp³-hybridized carbons (Fsp3) is 0.0909. The Morgan fingerprint density at radius 1 is 1.33 bits per heavy atom. The highest BCUT2D eigenvalue weighted by atomic mass is 19.1. The molecule has 0 saturated carbocycles. The van der Waals surface area contributed by atoms with Crippen LogP contribution in [-0.4, -0.2) is 23.6 Å². The van der Waals surface area contributed by atoms with Crippen molar-refractivity contribution >= 4 is 17.5 Å². The van der Waals surface area contributed by atoms with Gasteiger partial charge < -0.3 is 21.1 Å². The van der Waals surface area contributed by atoms with Crippen molar-refractivity contribution in [3.8, 4) is 0 Å². The van der Waals surface area contributed by atoms with E-state index in [1.807, 2.05) is 0 Å². The first kappa shape index (κ1) is 11.9. The number of anilines is 1. The summed E-state index contributed by atoms with van der Waals surface area (Å²) in [6.45, 7) is 0.0289. The Morgan fingerprint density at radius 3 is 2.72 bits per heavy atom. The van der Waals surface area contributed by atoms with Crippen LogP contribution in [0.5, 0.6) is 0 Å². The third kappa shape index (κ3) is 2.24. The molecule has 0 fully saturated rings. The first-order valence-corrected chi connectivity index (χ1v) is 5.11. The van der Waals surface area contributed by atoms with Gasteiger partial charge >= 0.3 is 0 Å². The van der Waals surface area contributed by atoms with E-state index in [1.54, 1.807) is 0 Å². The fourth-order valence-electron chi connectivity index (χ4n) is 1.45. The van der Waals surface area contributed by atoms with Gasteiger partial charge in [0.05, 0.1) is 12.4 Å². The maximum atomic E-state index is 13.3. The van der Waals surface area contributed by atoms with Crippen molar-refractivity contribution in [1.82, 2.24) is 10.6 Å². The third-order valence-electron chi connectivity index (χ3n) is 2.32. The van der Waals surface area contributed by atoms with E-state index in [9.17, 15) is 19.1 Å². The molecule has 1 aromatic rings. The highest BCUT2D eigenvalue weighted by Gasteiger charge is 2.27. The number of amides is 2. The maximum absolute atomic E-state index is 13.3. The van der Waals surface area contributed by atoms with Crippen LogP contribution in [0.25, 0.3) is 0 Å². The van der Waals surface area contributed by atoms with Crippen LogP contribution in [-0.2, 0) is 9.59 Å². The standard InChI is InChI=1S/C11H10FN3O3/c12-6-3-1-2-4-7(6)15-11(18)8-9(16)13-5-14-10(8)17/h1-4,13,16H,5H2,(H,14,17)(H,15,18). The predicted octanol–water partition coefficient (Wildman–Crippen LogP) is 0.211. The van der Waals surface area contributed by atoms with Gasteiger partial charge in [0.25, 0.3) is 11.8 Å². The highest BCUT2D eigenvalue weighted by molar-refractivity contribution is 6.23. The lowest BCUT2D eigenvalue weighted by Crippen LogP contribution is -2.44. The minimum absolute atomic E-state index is 0.0289. The molecule has 0 atom stereocenters. The Morgan fingerprint density at radius 2 is 2.06 bits per heavy atom. The molecule has 2 amide bonds. The highest BCUT2D eigenvalue weighted by Crippen LogP contribution is 2.14. The van der Waals surface area contributed by atoms with E-state index in [1.165, 1.54) is 24.3 Å². The van der Waals surface area contributed by atoms with Crippen molar-refractivity contribution in [2.45, 2.75) is 0 Å². The van der Waals surface area contributed by atoms with Crippen LogP contribution in [0.4, 0.5) is 10.1 Å². The molecule has 94 valence electrons. The molecule has 1 aliphatic rings. The van der Waals surface area contributed by atoms with Crippen LogP contribution in [0.3, 0.4) is 0 Å². The summed E-state index contributed by atoms with van der Waals surface area (Å²) in [5.74, 6) is -2.77. The Labute approximate surface area is 101 Å². The van der Waals surface area contributed by atoms with Gasteiger partial charge in [-0.2, -0.15) is 0 Å². The lowest BCUT2D eigenvalue weighted by atomic mass is 10.2. The minimum atomic E-state index is -0.887. The maximum Gasteiger partial charge on any atom is 0.266 e. The van der Waals surface area contributed by atoms with Gasteiger partial charge in [-0.05, 0) is 12.1 Å². The summed E-state index contributed by atoms with van der Waals surface area (Å²) in [7, 11) is 0. The molecule has 1 heterocycles. The molecule has 0 aromatic heterocycles. The van der Waals surface area contributed by atoms with Crippen LogP contribution in [0, 0.1) is 5.82 Å². The van der Waals surface area contributed by atoms with E-state index >= 15 is 0 Å². The molecule has 0 radical (unpaired) electrons. The third-order valence-corrected chi connectivity index (χ3v) is 2.32. The number of nitrogens with one attached hydrogen (secondary N) is 3. The lowest BCUT2D eigenvalue weighted by molar-refractivity contribution is -0.122. The fourth-order valence-corrected chi connectivity index (χ4v) is 1.45. The summed E-state index contributed by atoms with van der Waals surface area (Å²) < 4.78 is 13.3. The molecule has 7 heteroatoms. The second kappa shape index (κ2) is 4.74. The predicted molar refractivity (Wildman–Crippen MR) is 60.8 cm³/mol. The smallest absolute Gasteiger partial charge is 0.266 e. The Hall–Kier alpha value is -2.57. The molecule has 0 spiro atoms. The van der Waals surface area contributed by atoms with E-state index in [-0.39, 0.29) is 12.4 Å². The Bertz CT molecular complexity index is 542. The van der Waals surface area contributed by atoms with Crippen LogP contribution in [0.15, 0.2) is 35.7 Å². The average molecular weight is 251 g/mol. The quantitative estimate of drug-likeness (QED) is 0.566. The zero-order chi connectivity index (χ0) is 13.1. The minimum Gasteiger partial charge on any atom is -0.494 e. The summed E-state index contributed by atoms with van der Waals surface area (Å²) in [4.78, 5) is 23.1. The molecule has 1 aliphatic heterocycles. The summed E-state index contributed by atoms with van der Waals surface area (Å²) in [5.41, 5.74) is -0.550. The normalized spacial score (nSPS) is 14.8. The number of rotatable bonds is 2. The summed E-state index contributed by atoms with van der Waals surface area (Å²) >= 11 is 0. The molecular weight excluding hydrogens is 241 g/mol. The monoisotopic (exact) mass is 251 g/mol. The van der Waals surface area contributed by atoms with Gasteiger partial charge in [0.15, 0.2) is 5.57 Å². The van der Waals surface area contributed by atoms with Crippen LogP contribution >= 0.6 is 0 Å². The zero-order valence-corrected chi connectivity index (χ0v) is 9.16. The first-order chi connectivity index (χ1) is 8.59. The van der Waals surface area contributed by atoms with Gasteiger partial charge in [-0.25, -0.2) is 4.39 Å². The van der Waals surface area contributed by atoms with Crippen LogP contribution < -0.4 is 16.0 Å². The van der Waals surface area contributed by atoms with Gasteiger partial charge in [-0.1, -0.05) is 12.1 Å². The van der Waals surface area contributed by atoms with Crippen molar-refractivity contribution in [2.75, 3.05) is 12.0 Å². The zero-order valence-electron chi connectivity index (χ0n) is 9.16. The number of hydrogen-bond acceptors (Lipinski definition) is 4. The van der Waals surface area contributed by atoms with E-state index in [0.29, 0.717) is 0 Å². The number of hydrogen-bond donors (Lipinski definition) is 4. The lowest BCUT2D eigenvalue weighted by Gasteiger charge is -2.17. The van der Waals surface area contributed by atoms with Crippen molar-refractivity contribution in [1.29, 1.82) is 0 Å². The number of aliphatic hydroxyl groups is 1. The van der Waals surface area contributed by atoms with Crippen LogP contribution in [0.1, 0.15) is 0 Å². The van der Waals surface area contributed by atoms with Gasteiger partial charge in [0.1, 0.15) is 5.82 Å². The molecule has 0 bridgehead atoms. The van der Waals surface area contributed by atoms with E-state index in [0.717, 1.165) is 0 Å². The molecule has 0 saturated heterocycles. The molecule has 6 nitrogen and oxygen atoms in total. The molecule has 0 unspecified atom stereocenters. The summed E-state index contributed by atoms with van der Waals surface area (Å²) in [6.07, 6.45) is 0. The summed E-state index contributed by atoms with van der Waals surface area (Å²) in [6, 6.07) is 5.52. The molecule has 2 rings (SSSR count). The molecule has 1 aromatic carbocycles. The summed E-state index contributed by atoms with van der Waals surface area (Å²) in [5, 5.41) is 16.3. The molecule has 18 heavy (non-hydrogen) atoms. The SMILES string of the molecule is O=C1NCNC(O)=C1C(=O)Nc1ccccc1F. The van der Waals surface area contributed by atoms with Gasteiger partial charge in [-0.15, -0.1) is 0 Å². The molecular formula is C11H10FN3O3. The Kier molecular flexibility index (Phi) is 3.13. The first-order valence-electron chi connectivity index (χ1n) is 5.11. The van der Waals surface area contributed by atoms with Crippen LogP contribution in [0.2, 0.25) is 0 Å². The topological polar surface area (TPSA) is 90.5 Å². The average Bonchev–Trinajstić information content (AvgIpc) is 2.32. The van der Waals surface area contributed by atoms with Crippen molar-refractivity contribution in [3.63, 3.8) is 0 Å². The van der Waals surface area contributed by atoms with Crippen molar-refractivity contribution < 1.29 is 19.1 Å². The number of carbonyl (C=O) groups is 2. The Balaban J connectivity index is 2.23. The number of halogens is 1. The van der Waals surface area contributed by atoms with Gasteiger partial charge in [0, 0.05) is 0 Å². The van der Waals surface area contributed by atoms with E-state index in [4.69, 9.17) is 0 Å². The van der Waals surface area contributed by atoms with E-state index < -0.39 is 29.1 Å². The largest absolute Gasteiger partial charge is 0.494 e. The number of benzene rings is 1. The number of carbonyl (C=O) groups excluding carboxylic acids is 2. The second-order valence-corrected chi connectivity index (χ2v) is 3.52. The van der Waals surface area contributed by atoms with Gasteiger partial charge in [-0.3, -0.25) is 9.59 Å². The number of aliphatic hydroxyl groups excluding tert-OH is 1. The van der Waals surface area contributed by atoms with Crippen molar-refractivity contribution in [3.05, 3.63) is 41.5 Å². The molecule has 0 aliphatic carbocycles. The second-order valence-electron chi connectivity index (χ2n) is 3.52. The van der Waals surface area contributed by atoms with E-state index in [2.05, 4.69) is 16.0 Å².